The fourth-order valence-corrected chi connectivity index (χ4v) is 5.33. The number of amides is 1. The molecule has 3 rings (SSSR count). The van der Waals surface area contributed by atoms with Crippen molar-refractivity contribution in [2.75, 3.05) is 6.54 Å². The lowest BCUT2D eigenvalue weighted by Gasteiger charge is -2.38. The average Bonchev–Trinajstić information content (AvgIpc) is 2.67. The Morgan fingerprint density at radius 3 is 2.67 bits per heavy atom. The second-order valence-electron chi connectivity index (χ2n) is 6.08. The molecule has 2 aliphatic rings. The lowest BCUT2D eigenvalue weighted by atomic mass is 9.79. The third-order valence-electron chi connectivity index (χ3n) is 4.68. The number of nitrogens with two attached hydrogens (primary N) is 1. The molecular weight excluding hydrogens is 288 g/mol. The molecule has 114 valence electrons. The minimum atomic E-state index is -3.73. The highest BCUT2D eigenvalue weighted by atomic mass is 32.2. The van der Waals surface area contributed by atoms with Crippen molar-refractivity contribution in [3.63, 3.8) is 0 Å². The van der Waals surface area contributed by atoms with Gasteiger partial charge in [-0.1, -0.05) is 25.5 Å². The van der Waals surface area contributed by atoms with Crippen molar-refractivity contribution >= 4 is 15.9 Å². The molecule has 3 unspecified atom stereocenters. The van der Waals surface area contributed by atoms with Crippen molar-refractivity contribution in [2.24, 2.45) is 17.6 Å². The number of sulfonamides is 1. The molecule has 0 bridgehead atoms. The molecule has 1 aliphatic heterocycles. The SMILES string of the molecule is CC1CCC(CN)C(N2C(=O)c3ccccc3S2(=O)=O)C1. The van der Waals surface area contributed by atoms with Crippen molar-refractivity contribution in [3.8, 4) is 0 Å². The summed E-state index contributed by atoms with van der Waals surface area (Å²) in [5, 5.41) is 0. The number of hydrogen-bond acceptors (Lipinski definition) is 4. The lowest BCUT2D eigenvalue weighted by molar-refractivity contribution is 0.0732. The van der Waals surface area contributed by atoms with Crippen LogP contribution < -0.4 is 5.73 Å². The molecule has 6 heteroatoms. The highest BCUT2D eigenvalue weighted by Crippen LogP contribution is 2.39. The Bertz CT molecular complexity index is 671. The standard InChI is InChI=1S/C15H20N2O3S/c1-10-6-7-11(9-16)13(8-10)17-15(18)12-4-2-3-5-14(12)21(17,19)20/h2-5,10-11,13H,6-9,16H2,1H3. The molecule has 1 fully saturated rings. The normalized spacial score (nSPS) is 31.2. The van der Waals surface area contributed by atoms with Crippen LogP contribution in [0, 0.1) is 11.8 Å². The summed E-state index contributed by atoms with van der Waals surface area (Å²) in [4.78, 5) is 12.7. The van der Waals surface area contributed by atoms with E-state index in [0.29, 0.717) is 18.9 Å². The van der Waals surface area contributed by atoms with E-state index in [0.717, 1.165) is 17.1 Å². The predicted molar refractivity (Wildman–Crippen MR) is 79.1 cm³/mol. The molecule has 1 aliphatic carbocycles. The first-order valence-corrected chi connectivity index (χ1v) is 8.78. The third-order valence-corrected chi connectivity index (χ3v) is 6.54. The van der Waals surface area contributed by atoms with Gasteiger partial charge in [-0.2, -0.15) is 0 Å². The van der Waals surface area contributed by atoms with Crippen molar-refractivity contribution in [2.45, 2.75) is 37.1 Å². The molecule has 1 saturated carbocycles. The van der Waals surface area contributed by atoms with Gasteiger partial charge in [0.15, 0.2) is 0 Å². The van der Waals surface area contributed by atoms with Crippen LogP contribution in [0.25, 0.3) is 0 Å². The molecule has 0 spiro atoms. The molecule has 1 aromatic rings. The van der Waals surface area contributed by atoms with E-state index < -0.39 is 15.9 Å². The smallest absolute Gasteiger partial charge is 0.269 e. The summed E-state index contributed by atoms with van der Waals surface area (Å²) < 4.78 is 26.6. The Hall–Kier alpha value is -1.40. The van der Waals surface area contributed by atoms with E-state index in [1.807, 2.05) is 0 Å². The lowest BCUT2D eigenvalue weighted by Crippen LogP contribution is -2.49. The Morgan fingerprint density at radius 1 is 1.29 bits per heavy atom. The van der Waals surface area contributed by atoms with Gasteiger partial charge in [0.2, 0.25) is 0 Å². The van der Waals surface area contributed by atoms with Gasteiger partial charge < -0.3 is 5.73 Å². The molecule has 21 heavy (non-hydrogen) atoms. The van der Waals surface area contributed by atoms with Crippen molar-refractivity contribution < 1.29 is 13.2 Å². The number of carbonyl (C=O) groups excluding carboxylic acids is 1. The fourth-order valence-electron chi connectivity index (χ4n) is 3.51. The Balaban J connectivity index is 2.05. The van der Waals surface area contributed by atoms with Crippen LogP contribution >= 0.6 is 0 Å². The molecule has 0 radical (unpaired) electrons. The predicted octanol–water partition coefficient (Wildman–Crippen LogP) is 1.59. The molecule has 2 N–H and O–H groups in total. The van der Waals surface area contributed by atoms with Gasteiger partial charge in [-0.05, 0) is 43.4 Å². The van der Waals surface area contributed by atoms with E-state index in [9.17, 15) is 13.2 Å². The highest BCUT2D eigenvalue weighted by molar-refractivity contribution is 7.90. The molecular formula is C15H20N2O3S. The number of benzene rings is 1. The first kappa shape index (κ1) is 14.5. The minimum Gasteiger partial charge on any atom is -0.330 e. The highest BCUT2D eigenvalue weighted by Gasteiger charge is 2.47. The number of rotatable bonds is 2. The number of fused-ring (bicyclic) bond motifs is 1. The zero-order chi connectivity index (χ0) is 15.2. The maximum atomic E-state index is 12.7. The van der Waals surface area contributed by atoms with Gasteiger partial charge in [0.1, 0.15) is 4.90 Å². The maximum Gasteiger partial charge on any atom is 0.269 e. The molecule has 1 amide bonds. The van der Waals surface area contributed by atoms with Gasteiger partial charge in [0.05, 0.1) is 11.6 Å². The molecule has 0 saturated heterocycles. The van der Waals surface area contributed by atoms with Crippen LogP contribution in [0.5, 0.6) is 0 Å². The van der Waals surface area contributed by atoms with Gasteiger partial charge >= 0.3 is 0 Å². The van der Waals surface area contributed by atoms with Gasteiger partial charge in [-0.25, -0.2) is 12.7 Å². The summed E-state index contributed by atoms with van der Waals surface area (Å²) in [6.07, 6.45) is 2.60. The van der Waals surface area contributed by atoms with Gasteiger partial charge in [0, 0.05) is 0 Å². The summed E-state index contributed by atoms with van der Waals surface area (Å²) in [6, 6.07) is 6.12. The van der Waals surface area contributed by atoms with Crippen LogP contribution in [0.1, 0.15) is 36.5 Å². The van der Waals surface area contributed by atoms with Gasteiger partial charge in [0.25, 0.3) is 15.9 Å². The summed E-state index contributed by atoms with van der Waals surface area (Å²) in [6.45, 7) is 2.51. The number of nitrogens with zero attached hydrogens (tertiary/aromatic N) is 1. The number of carbonyl (C=O) groups is 1. The average molecular weight is 308 g/mol. The summed E-state index contributed by atoms with van der Waals surface area (Å²) in [5.41, 5.74) is 6.10. The van der Waals surface area contributed by atoms with Gasteiger partial charge in [-0.3, -0.25) is 4.79 Å². The molecule has 0 aromatic heterocycles. The van der Waals surface area contributed by atoms with E-state index in [4.69, 9.17) is 5.73 Å². The maximum absolute atomic E-state index is 12.7. The first-order chi connectivity index (χ1) is 9.96. The van der Waals surface area contributed by atoms with Crippen LogP contribution in [-0.4, -0.2) is 31.2 Å². The topological polar surface area (TPSA) is 80.5 Å². The Labute approximate surface area is 125 Å². The van der Waals surface area contributed by atoms with Crippen LogP contribution in [0.2, 0.25) is 0 Å². The third kappa shape index (κ3) is 2.17. The minimum absolute atomic E-state index is 0.0502. The second kappa shape index (κ2) is 5.10. The molecule has 3 atom stereocenters. The largest absolute Gasteiger partial charge is 0.330 e. The van der Waals surface area contributed by atoms with E-state index in [1.54, 1.807) is 18.2 Å². The number of hydrogen-bond donors (Lipinski definition) is 1. The summed E-state index contributed by atoms with van der Waals surface area (Å²) in [5.74, 6) is 0.0573. The van der Waals surface area contributed by atoms with Crippen molar-refractivity contribution in [1.82, 2.24) is 4.31 Å². The zero-order valence-electron chi connectivity index (χ0n) is 12.0. The summed E-state index contributed by atoms with van der Waals surface area (Å²) >= 11 is 0. The quantitative estimate of drug-likeness (QED) is 0.899. The van der Waals surface area contributed by atoms with Crippen molar-refractivity contribution in [3.05, 3.63) is 29.8 Å². The Kier molecular flexibility index (Phi) is 3.53. The first-order valence-electron chi connectivity index (χ1n) is 7.34. The molecule has 1 aromatic carbocycles. The second-order valence-corrected chi connectivity index (χ2v) is 7.87. The molecule has 5 nitrogen and oxygen atoms in total. The van der Waals surface area contributed by atoms with E-state index in [2.05, 4.69) is 6.92 Å². The van der Waals surface area contributed by atoms with E-state index in [-0.39, 0.29) is 22.4 Å². The zero-order valence-corrected chi connectivity index (χ0v) is 12.8. The monoisotopic (exact) mass is 308 g/mol. The molecule has 1 heterocycles. The Morgan fingerprint density at radius 2 is 2.00 bits per heavy atom. The van der Waals surface area contributed by atoms with Crippen LogP contribution in [0.15, 0.2) is 29.2 Å². The fraction of sp³-hybridized carbons (Fsp3) is 0.533. The van der Waals surface area contributed by atoms with Crippen LogP contribution in [0.3, 0.4) is 0 Å². The van der Waals surface area contributed by atoms with Crippen LogP contribution in [0.4, 0.5) is 0 Å². The van der Waals surface area contributed by atoms with Crippen LogP contribution in [-0.2, 0) is 10.0 Å². The van der Waals surface area contributed by atoms with E-state index in [1.165, 1.54) is 6.07 Å². The van der Waals surface area contributed by atoms with E-state index >= 15 is 0 Å². The van der Waals surface area contributed by atoms with Crippen molar-refractivity contribution in [1.29, 1.82) is 0 Å². The summed E-state index contributed by atoms with van der Waals surface area (Å²) in [7, 11) is -3.73. The van der Waals surface area contributed by atoms with Gasteiger partial charge in [-0.15, -0.1) is 0 Å².